The Morgan fingerprint density at radius 2 is 2.06 bits per heavy atom. The van der Waals surface area contributed by atoms with E-state index >= 15 is 0 Å². The van der Waals surface area contributed by atoms with Gasteiger partial charge in [0.05, 0.1) is 13.7 Å². The highest BCUT2D eigenvalue weighted by Gasteiger charge is 2.24. The zero-order valence-electron chi connectivity index (χ0n) is 17.8. The Labute approximate surface area is 194 Å². The van der Waals surface area contributed by atoms with Gasteiger partial charge < -0.3 is 19.9 Å². The van der Waals surface area contributed by atoms with E-state index in [2.05, 4.69) is 5.32 Å². The summed E-state index contributed by atoms with van der Waals surface area (Å²) in [7, 11) is 1.50. The highest BCUT2D eigenvalue weighted by atomic mass is 35.5. The first-order valence-corrected chi connectivity index (χ1v) is 11.2. The van der Waals surface area contributed by atoms with Crippen molar-refractivity contribution in [1.29, 1.82) is 0 Å². The van der Waals surface area contributed by atoms with E-state index in [4.69, 9.17) is 26.1 Å². The van der Waals surface area contributed by atoms with Crippen molar-refractivity contribution in [2.45, 2.75) is 20.4 Å². The van der Waals surface area contributed by atoms with Gasteiger partial charge in [-0.2, -0.15) is 0 Å². The molecule has 0 bridgehead atoms. The summed E-state index contributed by atoms with van der Waals surface area (Å²) in [6, 6.07) is 12.7. The molecule has 9 heteroatoms. The number of anilines is 1. The number of halogens is 1. The maximum Gasteiger partial charge on any atom is 0.350 e. The third kappa shape index (κ3) is 3.99. The van der Waals surface area contributed by atoms with Crippen molar-refractivity contribution < 1.29 is 19.4 Å². The molecule has 7 nitrogen and oxygen atoms in total. The van der Waals surface area contributed by atoms with Crippen LogP contribution in [-0.4, -0.2) is 34.2 Å². The Morgan fingerprint density at radius 1 is 1.28 bits per heavy atom. The van der Waals surface area contributed by atoms with E-state index in [1.54, 1.807) is 25.1 Å². The molecule has 32 heavy (non-hydrogen) atoms. The van der Waals surface area contributed by atoms with E-state index < -0.39 is 0 Å². The SMILES string of the molecule is CCOC(=O)c1sc2nc(-c3ccc(O)c(OC)c3)c(NCc3ccccc3Cl)n2c1C. The first kappa shape index (κ1) is 22.0. The highest BCUT2D eigenvalue weighted by molar-refractivity contribution is 7.19. The van der Waals surface area contributed by atoms with E-state index in [1.165, 1.54) is 18.4 Å². The molecule has 4 aromatic rings. The van der Waals surface area contributed by atoms with Crippen LogP contribution in [0.15, 0.2) is 42.5 Å². The number of hydrogen-bond acceptors (Lipinski definition) is 7. The van der Waals surface area contributed by atoms with Crippen LogP contribution in [0, 0.1) is 6.92 Å². The van der Waals surface area contributed by atoms with Crippen LogP contribution in [0.5, 0.6) is 11.5 Å². The summed E-state index contributed by atoms with van der Waals surface area (Å²) in [4.78, 5) is 18.3. The number of hydrogen-bond donors (Lipinski definition) is 2. The van der Waals surface area contributed by atoms with Crippen LogP contribution in [0.2, 0.25) is 5.02 Å². The van der Waals surface area contributed by atoms with Gasteiger partial charge in [-0.15, -0.1) is 0 Å². The lowest BCUT2D eigenvalue weighted by atomic mass is 10.1. The smallest absolute Gasteiger partial charge is 0.350 e. The Hall–Kier alpha value is -3.23. The van der Waals surface area contributed by atoms with Gasteiger partial charge in [0.15, 0.2) is 16.5 Å². The molecule has 0 spiro atoms. The third-order valence-corrected chi connectivity index (χ3v) is 6.51. The maximum absolute atomic E-state index is 12.4. The zero-order valence-corrected chi connectivity index (χ0v) is 19.4. The van der Waals surface area contributed by atoms with Gasteiger partial charge in [-0.1, -0.05) is 41.1 Å². The van der Waals surface area contributed by atoms with Crippen molar-refractivity contribution in [3.63, 3.8) is 0 Å². The van der Waals surface area contributed by atoms with Gasteiger partial charge in [0, 0.05) is 22.8 Å². The number of phenolic OH excluding ortho intramolecular Hbond substituents is 1. The van der Waals surface area contributed by atoms with Gasteiger partial charge in [0.2, 0.25) is 0 Å². The summed E-state index contributed by atoms with van der Waals surface area (Å²) in [5.41, 5.74) is 3.08. The van der Waals surface area contributed by atoms with Crippen LogP contribution in [0.4, 0.5) is 5.82 Å². The number of phenols is 1. The number of thiazole rings is 1. The minimum atomic E-state index is -0.370. The van der Waals surface area contributed by atoms with E-state index in [9.17, 15) is 9.90 Å². The molecule has 0 atom stereocenters. The second-order valence-corrected chi connectivity index (χ2v) is 8.38. The van der Waals surface area contributed by atoms with Crippen molar-refractivity contribution in [1.82, 2.24) is 9.38 Å². The number of carbonyl (C=O) groups is 1. The predicted octanol–water partition coefficient (Wildman–Crippen LogP) is 5.53. The number of nitrogens with one attached hydrogen (secondary N) is 1. The second kappa shape index (κ2) is 9.10. The lowest BCUT2D eigenvalue weighted by Gasteiger charge is -2.12. The summed E-state index contributed by atoms with van der Waals surface area (Å²) in [5, 5.41) is 14.1. The summed E-state index contributed by atoms with van der Waals surface area (Å²) in [5.74, 6) is 0.728. The molecular weight excluding hydrogens is 450 g/mol. The molecule has 0 unspecified atom stereocenters. The minimum Gasteiger partial charge on any atom is -0.504 e. The van der Waals surface area contributed by atoms with Crippen LogP contribution in [0.3, 0.4) is 0 Å². The average Bonchev–Trinajstić information content (AvgIpc) is 3.30. The van der Waals surface area contributed by atoms with Crippen molar-refractivity contribution in [3.05, 3.63) is 63.6 Å². The number of aromatic nitrogens is 2. The minimum absolute atomic E-state index is 0.0450. The topological polar surface area (TPSA) is 85.1 Å². The average molecular weight is 472 g/mol. The zero-order chi connectivity index (χ0) is 22.8. The molecule has 4 rings (SSSR count). The van der Waals surface area contributed by atoms with Crippen molar-refractivity contribution in [3.8, 4) is 22.8 Å². The van der Waals surface area contributed by atoms with E-state index in [0.717, 1.165) is 16.8 Å². The van der Waals surface area contributed by atoms with Gasteiger partial charge >= 0.3 is 5.97 Å². The summed E-state index contributed by atoms with van der Waals surface area (Å²) >= 11 is 7.61. The normalized spacial score (nSPS) is 11.0. The molecule has 0 aliphatic rings. The molecular formula is C23H22ClN3O4S. The van der Waals surface area contributed by atoms with Crippen molar-refractivity contribution >= 4 is 39.7 Å². The van der Waals surface area contributed by atoms with E-state index in [-0.39, 0.29) is 11.7 Å². The Kier molecular flexibility index (Phi) is 6.25. The Balaban J connectivity index is 1.84. The molecule has 2 heterocycles. The number of imidazole rings is 1. The lowest BCUT2D eigenvalue weighted by Crippen LogP contribution is -2.07. The third-order valence-electron chi connectivity index (χ3n) is 5.02. The summed E-state index contributed by atoms with van der Waals surface area (Å²) in [6.07, 6.45) is 0. The molecule has 2 aromatic carbocycles. The highest BCUT2D eigenvalue weighted by Crippen LogP contribution is 2.38. The second-order valence-electron chi connectivity index (χ2n) is 7.00. The molecule has 0 aliphatic heterocycles. The van der Waals surface area contributed by atoms with Gasteiger partial charge in [0.1, 0.15) is 16.4 Å². The molecule has 0 fully saturated rings. The number of ether oxygens (including phenoxy) is 2. The fourth-order valence-electron chi connectivity index (χ4n) is 3.44. The number of carbonyl (C=O) groups excluding carboxylic acids is 1. The number of methoxy groups -OCH3 is 1. The van der Waals surface area contributed by atoms with Crippen LogP contribution in [0.1, 0.15) is 27.9 Å². The van der Waals surface area contributed by atoms with Crippen LogP contribution >= 0.6 is 22.9 Å². The van der Waals surface area contributed by atoms with Crippen LogP contribution < -0.4 is 10.1 Å². The lowest BCUT2D eigenvalue weighted by molar-refractivity contribution is 0.0531. The van der Waals surface area contributed by atoms with E-state index in [1.807, 2.05) is 35.6 Å². The number of benzene rings is 2. The number of fused-ring (bicyclic) bond motifs is 1. The fraction of sp³-hybridized carbons (Fsp3) is 0.217. The van der Waals surface area contributed by atoms with Gasteiger partial charge in [-0.3, -0.25) is 4.40 Å². The molecule has 0 saturated heterocycles. The Bertz CT molecular complexity index is 1300. The van der Waals surface area contributed by atoms with Crippen LogP contribution in [0.25, 0.3) is 16.2 Å². The number of rotatable bonds is 7. The van der Waals surface area contributed by atoms with Crippen LogP contribution in [-0.2, 0) is 11.3 Å². The molecule has 166 valence electrons. The monoisotopic (exact) mass is 471 g/mol. The van der Waals surface area contributed by atoms with Crippen molar-refractivity contribution in [2.75, 3.05) is 19.0 Å². The number of aryl methyl sites for hydroxylation is 1. The quantitative estimate of drug-likeness (QED) is 0.345. The standard InChI is InChI=1S/C23H22ClN3O4S/c1-4-31-22(29)20-13(2)27-21(25-12-15-7-5-6-8-16(15)24)19(26-23(27)32-20)14-9-10-17(28)18(11-14)30-3/h5-11,25,28H,4,12H2,1-3H3. The molecule has 0 radical (unpaired) electrons. The van der Waals surface area contributed by atoms with Crippen molar-refractivity contribution in [2.24, 2.45) is 0 Å². The van der Waals surface area contributed by atoms with Gasteiger partial charge in [-0.25, -0.2) is 9.78 Å². The predicted molar refractivity (Wildman–Crippen MR) is 126 cm³/mol. The molecule has 2 N–H and O–H groups in total. The van der Waals surface area contributed by atoms with E-state index in [0.29, 0.717) is 45.3 Å². The maximum atomic E-state index is 12.4. The number of aromatic hydroxyl groups is 1. The summed E-state index contributed by atoms with van der Waals surface area (Å²) < 4.78 is 12.4. The van der Waals surface area contributed by atoms with Gasteiger partial charge in [0.25, 0.3) is 0 Å². The number of nitrogens with zero attached hydrogens (tertiary/aromatic N) is 2. The largest absolute Gasteiger partial charge is 0.504 e. The molecule has 0 amide bonds. The fourth-order valence-corrected chi connectivity index (χ4v) is 4.66. The number of esters is 1. The molecule has 0 aliphatic carbocycles. The molecule has 2 aromatic heterocycles. The first-order chi connectivity index (χ1) is 15.4. The first-order valence-electron chi connectivity index (χ1n) is 9.98. The Morgan fingerprint density at radius 3 is 2.78 bits per heavy atom. The van der Waals surface area contributed by atoms with Gasteiger partial charge in [-0.05, 0) is 43.7 Å². The summed E-state index contributed by atoms with van der Waals surface area (Å²) in [6.45, 7) is 4.40. The molecule has 0 saturated carbocycles.